The van der Waals surface area contributed by atoms with Gasteiger partial charge in [-0.15, -0.1) is 0 Å². The van der Waals surface area contributed by atoms with Crippen molar-refractivity contribution in [2.24, 2.45) is 0 Å². The van der Waals surface area contributed by atoms with Crippen molar-refractivity contribution in [3.63, 3.8) is 0 Å². The molecule has 3 nitrogen and oxygen atoms in total. The fraction of sp³-hybridized carbons (Fsp3) is 0.938. The van der Waals surface area contributed by atoms with Gasteiger partial charge in [-0.2, -0.15) is 11.8 Å². The van der Waals surface area contributed by atoms with Crippen LogP contribution < -0.4 is 5.32 Å². The summed E-state index contributed by atoms with van der Waals surface area (Å²) < 4.78 is 5.24. The van der Waals surface area contributed by atoms with Crippen LogP contribution in [0.1, 0.15) is 65.7 Å². The van der Waals surface area contributed by atoms with Crippen molar-refractivity contribution in [2.75, 3.05) is 18.1 Å². The highest BCUT2D eigenvalue weighted by molar-refractivity contribution is 7.99. The van der Waals surface area contributed by atoms with Gasteiger partial charge in [-0.3, -0.25) is 10.1 Å². The molecule has 0 amide bonds. The lowest BCUT2D eigenvalue weighted by atomic mass is 9.96. The summed E-state index contributed by atoms with van der Waals surface area (Å²) in [6.45, 7) is 6.58. The van der Waals surface area contributed by atoms with Gasteiger partial charge < -0.3 is 4.74 Å². The second-order valence-electron chi connectivity index (χ2n) is 5.89. The molecule has 1 aliphatic carbocycles. The fourth-order valence-electron chi connectivity index (χ4n) is 2.29. The second kappa shape index (κ2) is 9.67. The molecule has 1 saturated carbocycles. The minimum absolute atomic E-state index is 0.0807. The summed E-state index contributed by atoms with van der Waals surface area (Å²) in [5.41, 5.74) is -0.485. The zero-order chi connectivity index (χ0) is 14.8. The minimum Gasteiger partial charge on any atom is -0.465 e. The average molecular weight is 301 g/mol. The topological polar surface area (TPSA) is 38.3 Å². The number of carbonyl (C=O) groups is 1. The number of rotatable bonds is 12. The van der Waals surface area contributed by atoms with Crippen LogP contribution in [0.2, 0.25) is 0 Å². The molecule has 1 unspecified atom stereocenters. The molecule has 0 aromatic carbocycles. The first-order valence-electron chi connectivity index (χ1n) is 8.15. The van der Waals surface area contributed by atoms with Gasteiger partial charge in [-0.05, 0) is 57.5 Å². The van der Waals surface area contributed by atoms with Crippen molar-refractivity contribution in [1.82, 2.24) is 5.32 Å². The summed E-state index contributed by atoms with van der Waals surface area (Å²) in [6, 6.07) is 0.529. The Morgan fingerprint density at radius 1 is 1.25 bits per heavy atom. The van der Waals surface area contributed by atoms with E-state index in [9.17, 15) is 4.79 Å². The SMILES string of the molecule is CCCCCSCCCC(C)(NC1CC1)C(=O)OCC. The van der Waals surface area contributed by atoms with Crippen LogP contribution in [0.4, 0.5) is 0 Å². The van der Waals surface area contributed by atoms with Gasteiger partial charge >= 0.3 is 5.97 Å². The lowest BCUT2D eigenvalue weighted by Gasteiger charge is -2.28. The van der Waals surface area contributed by atoms with Gasteiger partial charge in [0.05, 0.1) is 6.61 Å². The Bertz CT molecular complexity index is 282. The molecule has 0 radical (unpaired) electrons. The van der Waals surface area contributed by atoms with Crippen molar-refractivity contribution >= 4 is 17.7 Å². The minimum atomic E-state index is -0.485. The van der Waals surface area contributed by atoms with E-state index in [2.05, 4.69) is 12.2 Å². The Hall–Kier alpha value is -0.220. The highest BCUT2D eigenvalue weighted by Gasteiger charge is 2.38. The predicted octanol–water partition coefficient (Wildman–Crippen LogP) is 3.76. The van der Waals surface area contributed by atoms with Crippen molar-refractivity contribution in [3.8, 4) is 0 Å². The van der Waals surface area contributed by atoms with E-state index >= 15 is 0 Å². The molecule has 0 bridgehead atoms. The lowest BCUT2D eigenvalue weighted by molar-refractivity contribution is -0.151. The summed E-state index contributed by atoms with van der Waals surface area (Å²) in [7, 11) is 0. The molecule has 1 aliphatic rings. The maximum absolute atomic E-state index is 12.1. The van der Waals surface area contributed by atoms with E-state index in [1.807, 2.05) is 25.6 Å². The Morgan fingerprint density at radius 3 is 2.55 bits per heavy atom. The predicted molar refractivity (Wildman–Crippen MR) is 87.3 cm³/mol. The first-order valence-corrected chi connectivity index (χ1v) is 9.30. The molecular formula is C16H31NO2S. The molecule has 1 rings (SSSR count). The van der Waals surface area contributed by atoms with Gasteiger partial charge in [0.15, 0.2) is 0 Å². The van der Waals surface area contributed by atoms with E-state index < -0.39 is 5.54 Å². The maximum atomic E-state index is 12.1. The van der Waals surface area contributed by atoms with Gasteiger partial charge in [0.1, 0.15) is 5.54 Å². The molecule has 0 aliphatic heterocycles. The highest BCUT2D eigenvalue weighted by Crippen LogP contribution is 2.26. The number of esters is 1. The summed E-state index contributed by atoms with van der Waals surface area (Å²) in [5, 5.41) is 3.48. The van der Waals surface area contributed by atoms with Crippen LogP contribution >= 0.6 is 11.8 Å². The molecule has 118 valence electrons. The van der Waals surface area contributed by atoms with Crippen molar-refractivity contribution in [3.05, 3.63) is 0 Å². The highest BCUT2D eigenvalue weighted by atomic mass is 32.2. The molecular weight excluding hydrogens is 270 g/mol. The Labute approximate surface area is 128 Å². The van der Waals surface area contributed by atoms with Crippen LogP contribution in [0.3, 0.4) is 0 Å². The van der Waals surface area contributed by atoms with E-state index in [0.29, 0.717) is 12.6 Å². The third-order valence-electron chi connectivity index (χ3n) is 3.68. The summed E-state index contributed by atoms with van der Waals surface area (Å²) in [4.78, 5) is 12.1. The lowest BCUT2D eigenvalue weighted by Crippen LogP contribution is -2.51. The van der Waals surface area contributed by atoms with E-state index in [-0.39, 0.29) is 5.97 Å². The van der Waals surface area contributed by atoms with Gasteiger partial charge in [-0.1, -0.05) is 19.8 Å². The molecule has 1 N–H and O–H groups in total. The second-order valence-corrected chi connectivity index (χ2v) is 7.12. The normalized spacial score (nSPS) is 17.8. The van der Waals surface area contributed by atoms with Crippen molar-refractivity contribution in [2.45, 2.75) is 77.3 Å². The summed E-state index contributed by atoms with van der Waals surface area (Å²) in [6.07, 6.45) is 8.27. The largest absolute Gasteiger partial charge is 0.465 e. The molecule has 0 aromatic rings. The van der Waals surface area contributed by atoms with Crippen LogP contribution in [0, 0.1) is 0 Å². The monoisotopic (exact) mass is 301 g/mol. The number of hydrogen-bond acceptors (Lipinski definition) is 4. The van der Waals surface area contributed by atoms with Crippen LogP contribution in [-0.4, -0.2) is 35.7 Å². The number of unbranched alkanes of at least 4 members (excludes halogenated alkanes) is 2. The van der Waals surface area contributed by atoms with Crippen molar-refractivity contribution in [1.29, 1.82) is 0 Å². The molecule has 20 heavy (non-hydrogen) atoms. The third-order valence-corrected chi connectivity index (χ3v) is 4.84. The molecule has 0 heterocycles. The van der Waals surface area contributed by atoms with Gasteiger partial charge in [0.2, 0.25) is 0 Å². The van der Waals surface area contributed by atoms with E-state index in [1.54, 1.807) is 0 Å². The van der Waals surface area contributed by atoms with Crippen LogP contribution in [-0.2, 0) is 9.53 Å². The van der Waals surface area contributed by atoms with Crippen LogP contribution in [0.25, 0.3) is 0 Å². The third kappa shape index (κ3) is 6.98. The van der Waals surface area contributed by atoms with Crippen LogP contribution in [0.5, 0.6) is 0 Å². The smallest absolute Gasteiger partial charge is 0.326 e. The van der Waals surface area contributed by atoms with Gasteiger partial charge in [0.25, 0.3) is 0 Å². The summed E-state index contributed by atoms with van der Waals surface area (Å²) in [5.74, 6) is 2.31. The number of ether oxygens (including phenoxy) is 1. The van der Waals surface area contributed by atoms with E-state index in [1.165, 1.54) is 37.9 Å². The molecule has 0 saturated heterocycles. The standard InChI is InChI=1S/C16H31NO2S/c1-4-6-7-12-20-13-8-11-16(3,15(18)19-5-2)17-14-9-10-14/h14,17H,4-13H2,1-3H3. The Kier molecular flexibility index (Phi) is 8.62. The fourth-order valence-corrected chi connectivity index (χ4v) is 3.25. The zero-order valence-electron chi connectivity index (χ0n) is 13.4. The number of thioether (sulfide) groups is 1. The van der Waals surface area contributed by atoms with Gasteiger partial charge in [0, 0.05) is 6.04 Å². The number of nitrogens with one attached hydrogen (secondary N) is 1. The average Bonchev–Trinajstić information content (AvgIpc) is 3.22. The molecule has 0 aromatic heterocycles. The summed E-state index contributed by atoms with van der Waals surface area (Å²) >= 11 is 2.01. The molecule has 0 spiro atoms. The maximum Gasteiger partial charge on any atom is 0.326 e. The Morgan fingerprint density at radius 2 is 1.95 bits per heavy atom. The number of hydrogen-bond donors (Lipinski definition) is 1. The first kappa shape index (κ1) is 17.8. The van der Waals surface area contributed by atoms with E-state index in [0.717, 1.165) is 18.6 Å². The van der Waals surface area contributed by atoms with Crippen LogP contribution in [0.15, 0.2) is 0 Å². The van der Waals surface area contributed by atoms with Crippen molar-refractivity contribution < 1.29 is 9.53 Å². The zero-order valence-corrected chi connectivity index (χ0v) is 14.2. The number of carbonyl (C=O) groups excluding carboxylic acids is 1. The van der Waals surface area contributed by atoms with Gasteiger partial charge in [-0.25, -0.2) is 0 Å². The first-order chi connectivity index (χ1) is 9.62. The molecule has 1 atom stereocenters. The Balaban J connectivity index is 2.23. The molecule has 4 heteroatoms. The quantitative estimate of drug-likeness (QED) is 0.440. The molecule has 1 fully saturated rings. The van der Waals surface area contributed by atoms with E-state index in [4.69, 9.17) is 4.74 Å².